The van der Waals surface area contributed by atoms with Crippen LogP contribution in [0, 0.1) is 0 Å². The van der Waals surface area contributed by atoms with Gasteiger partial charge in [0.15, 0.2) is 0 Å². The summed E-state index contributed by atoms with van der Waals surface area (Å²) in [5, 5.41) is 3.01. The molecule has 0 spiro atoms. The first-order chi connectivity index (χ1) is 18.3. The van der Waals surface area contributed by atoms with Crippen LogP contribution >= 0.6 is 0 Å². The zero-order chi connectivity index (χ0) is 24.9. The van der Waals surface area contributed by atoms with E-state index >= 15 is 0 Å². The predicted molar refractivity (Wildman–Crippen MR) is 153 cm³/mol. The Labute approximate surface area is 221 Å². The molecule has 37 heavy (non-hydrogen) atoms. The fraction of sp³-hybridized carbons (Fsp3) is 0.273. The van der Waals surface area contributed by atoms with Gasteiger partial charge in [0, 0.05) is 12.2 Å². The zero-order valence-corrected chi connectivity index (χ0v) is 22.3. The van der Waals surface area contributed by atoms with E-state index in [2.05, 4.69) is 126 Å². The van der Waals surface area contributed by atoms with Gasteiger partial charge in [0.05, 0.1) is 25.4 Å². The molecule has 4 heteroatoms. The van der Waals surface area contributed by atoms with E-state index in [0.29, 0.717) is 18.9 Å². The maximum Gasteiger partial charge on any atom is 0.138 e. The number of benzene rings is 4. The lowest BCUT2D eigenvalue weighted by Gasteiger charge is -2.48. The van der Waals surface area contributed by atoms with Gasteiger partial charge in [-0.3, -0.25) is 4.90 Å². The molecule has 0 N–H and O–H groups in total. The van der Waals surface area contributed by atoms with Crippen molar-refractivity contribution in [3.05, 3.63) is 132 Å². The van der Waals surface area contributed by atoms with E-state index in [4.69, 9.17) is 9.47 Å². The highest BCUT2D eigenvalue weighted by atomic mass is 28.3. The number of hydrogen-bond acceptors (Lipinski definition) is 3. The van der Waals surface area contributed by atoms with Gasteiger partial charge in [-0.15, -0.1) is 0 Å². The first-order valence-corrected chi connectivity index (χ1v) is 15.8. The summed E-state index contributed by atoms with van der Waals surface area (Å²) in [6.07, 6.45) is 1.26. The van der Waals surface area contributed by atoms with Crippen LogP contribution in [0.1, 0.15) is 17.5 Å². The molecule has 0 unspecified atom stereocenters. The quantitative estimate of drug-likeness (QED) is 0.313. The highest BCUT2D eigenvalue weighted by molar-refractivity contribution is 7.03. The number of ether oxygens (including phenoxy) is 2. The van der Waals surface area contributed by atoms with Gasteiger partial charge < -0.3 is 9.47 Å². The second-order valence-electron chi connectivity index (χ2n) is 10.3. The minimum atomic E-state index is -2.20. The average Bonchev–Trinajstić information content (AvgIpc) is 3.35. The van der Waals surface area contributed by atoms with Gasteiger partial charge in [0.25, 0.3) is 0 Å². The van der Waals surface area contributed by atoms with Gasteiger partial charge in [-0.2, -0.15) is 0 Å². The molecule has 2 aliphatic rings. The van der Waals surface area contributed by atoms with Gasteiger partial charge >= 0.3 is 0 Å². The first kappa shape index (κ1) is 24.3. The van der Waals surface area contributed by atoms with Crippen LogP contribution in [0.25, 0.3) is 0 Å². The molecule has 4 aromatic carbocycles. The summed E-state index contributed by atoms with van der Waals surface area (Å²) in [5.74, 6) is 0. The molecule has 0 saturated carbocycles. The van der Waals surface area contributed by atoms with E-state index in [0.717, 1.165) is 13.1 Å². The van der Waals surface area contributed by atoms with Crippen LogP contribution in [0.5, 0.6) is 0 Å². The van der Waals surface area contributed by atoms with E-state index in [1.165, 1.54) is 34.0 Å². The molecule has 6 rings (SSSR count). The molecular formula is C33H35NO2Si. The van der Waals surface area contributed by atoms with Crippen LogP contribution in [0.4, 0.5) is 0 Å². The molecular weight excluding hydrogens is 470 g/mol. The molecule has 0 aromatic heterocycles. The molecule has 0 amide bonds. The smallest absolute Gasteiger partial charge is 0.138 e. The molecule has 4 aromatic rings. The highest BCUT2D eigenvalue weighted by Gasteiger charge is 2.58. The Morgan fingerprint density at radius 1 is 0.622 bits per heavy atom. The standard InChI is InChI=1S/C33H35NO2Si/c1-5-14-27(15-6-1)25-35-31-24-34-22-13-23-37(29-18-9-3-10-19-29,30-20-11-4-12-21-30)33(34)32(31)36-26-28-16-7-2-8-17-28/h1-12,14-21,31-33H,13,22-26H2/t31-,32+,33+/m1/s1. The monoisotopic (exact) mass is 505 g/mol. The first-order valence-electron chi connectivity index (χ1n) is 13.5. The molecule has 2 fully saturated rings. The van der Waals surface area contributed by atoms with Crippen molar-refractivity contribution < 1.29 is 9.47 Å². The summed E-state index contributed by atoms with van der Waals surface area (Å²) in [6.45, 7) is 3.25. The van der Waals surface area contributed by atoms with E-state index < -0.39 is 8.07 Å². The van der Waals surface area contributed by atoms with Crippen LogP contribution < -0.4 is 10.4 Å². The topological polar surface area (TPSA) is 21.7 Å². The Balaban J connectivity index is 1.39. The van der Waals surface area contributed by atoms with E-state index in [-0.39, 0.29) is 12.2 Å². The summed E-state index contributed by atoms with van der Waals surface area (Å²) >= 11 is 0. The molecule has 188 valence electrons. The van der Waals surface area contributed by atoms with Crippen molar-refractivity contribution in [3.63, 3.8) is 0 Å². The van der Waals surface area contributed by atoms with Crippen LogP contribution in [0.15, 0.2) is 121 Å². The molecule has 2 saturated heterocycles. The predicted octanol–water partition coefficient (Wildman–Crippen LogP) is 5.05. The van der Waals surface area contributed by atoms with E-state index in [1.807, 2.05) is 0 Å². The van der Waals surface area contributed by atoms with Gasteiger partial charge in [-0.25, -0.2) is 0 Å². The fourth-order valence-electron chi connectivity index (χ4n) is 6.55. The Bertz CT molecular complexity index is 1210. The van der Waals surface area contributed by atoms with Crippen LogP contribution in [-0.4, -0.2) is 43.9 Å². The van der Waals surface area contributed by atoms with Crippen molar-refractivity contribution in [2.24, 2.45) is 0 Å². The lowest BCUT2D eigenvalue weighted by Crippen LogP contribution is -2.74. The van der Waals surface area contributed by atoms with Crippen LogP contribution in [0.2, 0.25) is 6.04 Å². The number of nitrogens with zero attached hydrogens (tertiary/aromatic N) is 1. The molecule has 2 heterocycles. The molecule has 2 aliphatic heterocycles. The number of fused-ring (bicyclic) bond motifs is 1. The fourth-order valence-corrected chi connectivity index (χ4v) is 12.5. The van der Waals surface area contributed by atoms with Crippen molar-refractivity contribution >= 4 is 18.4 Å². The van der Waals surface area contributed by atoms with Crippen LogP contribution in [0.3, 0.4) is 0 Å². The number of rotatable bonds is 8. The summed E-state index contributed by atoms with van der Waals surface area (Å²) in [4.78, 5) is 2.71. The van der Waals surface area contributed by atoms with E-state index in [1.54, 1.807) is 0 Å². The normalized spacial score (nSPS) is 23.0. The summed E-state index contributed by atoms with van der Waals surface area (Å²) in [7, 11) is -2.20. The highest BCUT2D eigenvalue weighted by Crippen LogP contribution is 2.37. The minimum absolute atomic E-state index is 0.0105. The maximum atomic E-state index is 6.93. The number of hydrogen-bond donors (Lipinski definition) is 0. The minimum Gasteiger partial charge on any atom is -0.369 e. The summed E-state index contributed by atoms with van der Waals surface area (Å²) in [5.41, 5.74) is 2.75. The third-order valence-corrected chi connectivity index (χ3v) is 13.7. The lowest BCUT2D eigenvalue weighted by molar-refractivity contribution is -0.0639. The van der Waals surface area contributed by atoms with Crippen molar-refractivity contribution in [2.75, 3.05) is 13.1 Å². The van der Waals surface area contributed by atoms with Crippen molar-refractivity contribution in [3.8, 4) is 0 Å². The third kappa shape index (κ3) is 4.95. The Kier molecular flexibility index (Phi) is 7.33. The molecule has 0 bridgehead atoms. The summed E-state index contributed by atoms with van der Waals surface area (Å²) < 4.78 is 13.6. The SMILES string of the molecule is c1ccc(CO[C@H]2[C@H](OCc3ccccc3)CN3CCC[Si](c4ccccc4)(c4ccccc4)[C@@H]23)cc1. The molecule has 3 atom stereocenters. The molecule has 0 radical (unpaired) electrons. The second kappa shape index (κ2) is 11.2. The van der Waals surface area contributed by atoms with Crippen molar-refractivity contribution in [2.45, 2.75) is 43.6 Å². The average molecular weight is 506 g/mol. The van der Waals surface area contributed by atoms with Gasteiger partial charge in [-0.05, 0) is 30.1 Å². The van der Waals surface area contributed by atoms with Gasteiger partial charge in [0.1, 0.15) is 8.07 Å². The Hall–Kier alpha value is -3.02. The van der Waals surface area contributed by atoms with E-state index in [9.17, 15) is 0 Å². The third-order valence-electron chi connectivity index (χ3n) is 8.18. The molecule has 0 aliphatic carbocycles. The maximum absolute atomic E-state index is 6.93. The largest absolute Gasteiger partial charge is 0.369 e. The van der Waals surface area contributed by atoms with Crippen LogP contribution in [-0.2, 0) is 22.7 Å². The zero-order valence-electron chi connectivity index (χ0n) is 21.3. The molecule has 3 nitrogen and oxygen atoms in total. The Morgan fingerprint density at radius 2 is 1.11 bits per heavy atom. The second-order valence-corrected chi connectivity index (χ2v) is 14.5. The van der Waals surface area contributed by atoms with Gasteiger partial charge in [0.2, 0.25) is 0 Å². The van der Waals surface area contributed by atoms with Gasteiger partial charge in [-0.1, -0.05) is 132 Å². The van der Waals surface area contributed by atoms with Crippen molar-refractivity contribution in [1.29, 1.82) is 0 Å². The lowest BCUT2D eigenvalue weighted by atomic mass is 10.2. The van der Waals surface area contributed by atoms with Crippen molar-refractivity contribution in [1.82, 2.24) is 4.90 Å². The summed E-state index contributed by atoms with van der Waals surface area (Å²) in [6, 6.07) is 44.9. The Morgan fingerprint density at radius 3 is 1.65 bits per heavy atom.